The van der Waals surface area contributed by atoms with Gasteiger partial charge in [0.1, 0.15) is 0 Å². The zero-order chi connectivity index (χ0) is 12.6. The second-order valence-electron chi connectivity index (χ2n) is 5.20. The van der Waals surface area contributed by atoms with E-state index in [4.69, 9.17) is 4.74 Å². The Bertz CT molecular complexity index is 448. The number of halogens is 1. The molecule has 0 unspecified atom stereocenters. The lowest BCUT2D eigenvalue weighted by molar-refractivity contribution is 0.0912. The number of Topliss-reactive ketones (excluding diaryl/α,β-unsaturated/α-hetero) is 1. The van der Waals surface area contributed by atoms with Crippen molar-refractivity contribution in [2.45, 2.75) is 39.7 Å². The van der Waals surface area contributed by atoms with E-state index >= 15 is 0 Å². The Balaban J connectivity index is 2.21. The van der Waals surface area contributed by atoms with Crippen molar-refractivity contribution < 1.29 is 13.9 Å². The zero-order valence-corrected chi connectivity index (χ0v) is 10.4. The highest BCUT2D eigenvalue weighted by Gasteiger charge is 2.45. The van der Waals surface area contributed by atoms with Gasteiger partial charge in [-0.15, -0.1) is 0 Å². The lowest BCUT2D eigenvalue weighted by Gasteiger charge is -2.12. The average molecular weight is 236 g/mol. The van der Waals surface area contributed by atoms with Gasteiger partial charge in [-0.1, -0.05) is 6.92 Å². The summed E-state index contributed by atoms with van der Waals surface area (Å²) in [5.74, 6) is -0.223. The van der Waals surface area contributed by atoms with Gasteiger partial charge in [0.2, 0.25) is 0 Å². The van der Waals surface area contributed by atoms with Crippen LogP contribution in [0.5, 0.6) is 5.75 Å². The first-order valence-electron chi connectivity index (χ1n) is 5.93. The highest BCUT2D eigenvalue weighted by atomic mass is 19.1. The van der Waals surface area contributed by atoms with Gasteiger partial charge in [0.25, 0.3) is 0 Å². The van der Waals surface area contributed by atoms with Gasteiger partial charge in [-0.3, -0.25) is 4.79 Å². The number of carbonyl (C=O) groups excluding carboxylic acids is 1. The molecule has 0 aliphatic heterocycles. The van der Waals surface area contributed by atoms with Crippen LogP contribution in [-0.4, -0.2) is 11.9 Å². The van der Waals surface area contributed by atoms with Crippen LogP contribution < -0.4 is 4.74 Å². The Morgan fingerprint density at radius 1 is 1.41 bits per heavy atom. The summed E-state index contributed by atoms with van der Waals surface area (Å²) < 4.78 is 19.0. The molecule has 0 spiro atoms. The van der Waals surface area contributed by atoms with E-state index < -0.39 is 5.82 Å². The summed E-state index contributed by atoms with van der Waals surface area (Å²) in [5, 5.41) is 0. The minimum Gasteiger partial charge on any atom is -0.488 e. The summed E-state index contributed by atoms with van der Waals surface area (Å²) in [7, 11) is 0. The van der Waals surface area contributed by atoms with Crippen molar-refractivity contribution in [2.24, 2.45) is 5.41 Å². The normalized spacial score (nSPS) is 17.0. The predicted octanol–water partition coefficient (Wildman–Crippen LogP) is 3.60. The van der Waals surface area contributed by atoms with Gasteiger partial charge in [0.05, 0.1) is 6.10 Å². The van der Waals surface area contributed by atoms with Crippen LogP contribution in [-0.2, 0) is 0 Å². The summed E-state index contributed by atoms with van der Waals surface area (Å²) in [6.07, 6.45) is 1.72. The fourth-order valence-electron chi connectivity index (χ4n) is 1.75. The molecule has 1 fully saturated rings. The van der Waals surface area contributed by atoms with E-state index in [-0.39, 0.29) is 23.1 Å². The molecule has 2 nitrogen and oxygen atoms in total. The Morgan fingerprint density at radius 2 is 2.06 bits per heavy atom. The van der Waals surface area contributed by atoms with Gasteiger partial charge in [-0.25, -0.2) is 4.39 Å². The monoisotopic (exact) mass is 236 g/mol. The highest BCUT2D eigenvalue weighted by molar-refractivity contribution is 6.02. The standard InChI is InChI=1S/C14H17FO2/c1-9(2)17-12-5-4-10(8-11(12)15)13(16)14(3)6-7-14/h4-5,8-9H,6-7H2,1-3H3. The van der Waals surface area contributed by atoms with Crippen molar-refractivity contribution in [2.75, 3.05) is 0 Å². The molecular weight excluding hydrogens is 219 g/mol. The third-order valence-electron chi connectivity index (χ3n) is 3.10. The number of rotatable bonds is 4. The second-order valence-corrected chi connectivity index (χ2v) is 5.20. The van der Waals surface area contributed by atoms with Crippen LogP contribution in [0, 0.1) is 11.2 Å². The topological polar surface area (TPSA) is 26.3 Å². The molecule has 1 aromatic rings. The van der Waals surface area contributed by atoms with Crippen molar-refractivity contribution in [3.63, 3.8) is 0 Å². The van der Waals surface area contributed by atoms with Crippen LogP contribution >= 0.6 is 0 Å². The number of carbonyl (C=O) groups is 1. The van der Waals surface area contributed by atoms with Crippen LogP contribution in [0.15, 0.2) is 18.2 Å². The van der Waals surface area contributed by atoms with Crippen molar-refractivity contribution >= 4 is 5.78 Å². The van der Waals surface area contributed by atoms with Crippen LogP contribution in [0.4, 0.5) is 4.39 Å². The molecule has 1 aromatic carbocycles. The first-order chi connectivity index (χ1) is 7.92. The second kappa shape index (κ2) is 4.13. The van der Waals surface area contributed by atoms with Gasteiger partial charge < -0.3 is 4.74 Å². The maximum absolute atomic E-state index is 13.7. The van der Waals surface area contributed by atoms with E-state index in [0.717, 1.165) is 12.8 Å². The fourth-order valence-corrected chi connectivity index (χ4v) is 1.75. The smallest absolute Gasteiger partial charge is 0.168 e. The van der Waals surface area contributed by atoms with E-state index in [2.05, 4.69) is 0 Å². The summed E-state index contributed by atoms with van der Waals surface area (Å²) in [6, 6.07) is 4.46. The molecule has 0 bridgehead atoms. The molecule has 0 saturated heterocycles. The molecule has 1 aliphatic carbocycles. The van der Waals surface area contributed by atoms with Gasteiger partial charge in [0.15, 0.2) is 17.3 Å². The molecule has 0 heterocycles. The molecule has 0 amide bonds. The van der Waals surface area contributed by atoms with Crippen LogP contribution in [0.3, 0.4) is 0 Å². The lowest BCUT2D eigenvalue weighted by Crippen LogP contribution is -2.13. The summed E-state index contributed by atoms with van der Waals surface area (Å²) in [6.45, 7) is 5.60. The predicted molar refractivity (Wildman–Crippen MR) is 63.8 cm³/mol. The number of ketones is 1. The molecular formula is C14H17FO2. The SMILES string of the molecule is CC(C)Oc1ccc(C(=O)C2(C)CC2)cc1F. The van der Waals surface area contributed by atoms with E-state index in [1.807, 2.05) is 20.8 Å². The molecule has 3 heteroatoms. The number of benzene rings is 1. The van der Waals surface area contributed by atoms with Gasteiger partial charge in [-0.05, 0) is 44.9 Å². The number of hydrogen-bond donors (Lipinski definition) is 0. The number of ether oxygens (including phenoxy) is 1. The van der Waals surface area contributed by atoms with E-state index in [1.165, 1.54) is 12.1 Å². The van der Waals surface area contributed by atoms with E-state index in [9.17, 15) is 9.18 Å². The lowest BCUT2D eigenvalue weighted by atomic mass is 9.97. The largest absolute Gasteiger partial charge is 0.488 e. The first-order valence-corrected chi connectivity index (χ1v) is 5.93. The molecule has 17 heavy (non-hydrogen) atoms. The summed E-state index contributed by atoms with van der Waals surface area (Å²) >= 11 is 0. The fraction of sp³-hybridized carbons (Fsp3) is 0.500. The Morgan fingerprint density at radius 3 is 2.53 bits per heavy atom. The molecule has 1 aliphatic rings. The molecule has 0 radical (unpaired) electrons. The molecule has 1 saturated carbocycles. The molecule has 2 rings (SSSR count). The van der Waals surface area contributed by atoms with Crippen LogP contribution in [0.2, 0.25) is 0 Å². The maximum Gasteiger partial charge on any atom is 0.168 e. The summed E-state index contributed by atoms with van der Waals surface area (Å²) in [5.41, 5.74) is 0.186. The highest BCUT2D eigenvalue weighted by Crippen LogP contribution is 2.47. The third kappa shape index (κ3) is 2.48. The minimum atomic E-state index is -0.464. The van der Waals surface area contributed by atoms with Gasteiger partial charge in [-0.2, -0.15) is 0 Å². The van der Waals surface area contributed by atoms with Crippen molar-refractivity contribution in [3.05, 3.63) is 29.6 Å². The van der Waals surface area contributed by atoms with Crippen molar-refractivity contribution in [1.29, 1.82) is 0 Å². The maximum atomic E-state index is 13.7. The van der Waals surface area contributed by atoms with Crippen LogP contribution in [0.1, 0.15) is 44.0 Å². The first kappa shape index (κ1) is 12.1. The Kier molecular flexibility index (Phi) is 2.94. The minimum absolute atomic E-state index is 0.0347. The molecule has 0 N–H and O–H groups in total. The van der Waals surface area contributed by atoms with Crippen LogP contribution in [0.25, 0.3) is 0 Å². The average Bonchev–Trinajstić information content (AvgIpc) is 2.99. The quantitative estimate of drug-likeness (QED) is 0.747. The molecule has 0 aromatic heterocycles. The van der Waals surface area contributed by atoms with E-state index in [0.29, 0.717) is 5.56 Å². The summed E-state index contributed by atoms with van der Waals surface area (Å²) in [4.78, 5) is 12.0. The Hall–Kier alpha value is -1.38. The van der Waals surface area contributed by atoms with E-state index in [1.54, 1.807) is 6.07 Å². The van der Waals surface area contributed by atoms with Gasteiger partial charge >= 0.3 is 0 Å². The zero-order valence-electron chi connectivity index (χ0n) is 10.4. The molecule has 0 atom stereocenters. The third-order valence-corrected chi connectivity index (χ3v) is 3.10. The van der Waals surface area contributed by atoms with Crippen molar-refractivity contribution in [3.8, 4) is 5.75 Å². The Labute approximate surface area is 101 Å². The van der Waals surface area contributed by atoms with Gasteiger partial charge in [0, 0.05) is 11.0 Å². The van der Waals surface area contributed by atoms with Crippen molar-refractivity contribution in [1.82, 2.24) is 0 Å². The number of hydrogen-bond acceptors (Lipinski definition) is 2. The molecule has 92 valence electrons.